The molecule has 0 aliphatic heterocycles. The maximum atomic E-state index is 12.4. The average molecular weight is 367 g/mol. The number of thiophene rings is 1. The van der Waals surface area contributed by atoms with Crippen LogP contribution < -0.4 is 14.8 Å². The van der Waals surface area contributed by atoms with Crippen LogP contribution in [0.3, 0.4) is 0 Å². The van der Waals surface area contributed by atoms with Crippen LogP contribution in [0.2, 0.25) is 0 Å². The van der Waals surface area contributed by atoms with Gasteiger partial charge in [-0.2, -0.15) is 0 Å². The Bertz CT molecular complexity index is 860. The number of benzene rings is 2. The lowest BCUT2D eigenvalue weighted by Gasteiger charge is -2.13. The minimum atomic E-state index is -0.0704. The predicted octanol–water partition coefficient (Wildman–Crippen LogP) is 4.83. The van der Waals surface area contributed by atoms with Gasteiger partial charge in [0.2, 0.25) is 0 Å². The normalized spacial score (nSPS) is 11.6. The van der Waals surface area contributed by atoms with Crippen molar-refractivity contribution in [3.63, 3.8) is 0 Å². The van der Waals surface area contributed by atoms with Crippen molar-refractivity contribution in [2.24, 2.45) is 0 Å². The summed E-state index contributed by atoms with van der Waals surface area (Å²) in [6.07, 6.45) is 0. The Balaban J connectivity index is 1.57. The van der Waals surface area contributed by atoms with Crippen molar-refractivity contribution in [1.29, 1.82) is 0 Å². The first-order valence-electron chi connectivity index (χ1n) is 8.36. The van der Waals surface area contributed by atoms with Gasteiger partial charge in [-0.15, -0.1) is 11.3 Å². The lowest BCUT2D eigenvalue weighted by Crippen LogP contribution is -2.25. The van der Waals surface area contributed by atoms with Crippen LogP contribution in [0.1, 0.15) is 33.8 Å². The van der Waals surface area contributed by atoms with Gasteiger partial charge in [-0.05, 0) is 36.1 Å². The van der Waals surface area contributed by atoms with E-state index in [0.717, 1.165) is 22.6 Å². The van der Waals surface area contributed by atoms with Crippen LogP contribution in [0.4, 0.5) is 0 Å². The number of ether oxygens (including phenoxy) is 2. The number of nitrogens with one attached hydrogen (secondary N) is 1. The van der Waals surface area contributed by atoms with E-state index in [0.29, 0.717) is 11.5 Å². The van der Waals surface area contributed by atoms with Crippen molar-refractivity contribution in [2.75, 3.05) is 7.11 Å². The highest BCUT2D eigenvalue weighted by Crippen LogP contribution is 2.22. The van der Waals surface area contributed by atoms with E-state index in [1.165, 1.54) is 11.3 Å². The fourth-order valence-corrected chi connectivity index (χ4v) is 3.32. The van der Waals surface area contributed by atoms with Gasteiger partial charge in [0.05, 0.1) is 18.0 Å². The molecule has 0 saturated carbocycles. The van der Waals surface area contributed by atoms with Crippen LogP contribution in [-0.2, 0) is 6.61 Å². The lowest BCUT2D eigenvalue weighted by molar-refractivity contribution is 0.0944. The molecule has 0 radical (unpaired) electrons. The van der Waals surface area contributed by atoms with Gasteiger partial charge in [0, 0.05) is 11.6 Å². The van der Waals surface area contributed by atoms with Crippen LogP contribution >= 0.6 is 11.3 Å². The van der Waals surface area contributed by atoms with Gasteiger partial charge in [0.25, 0.3) is 5.91 Å². The Morgan fingerprint density at radius 1 is 1.08 bits per heavy atom. The quantitative estimate of drug-likeness (QED) is 0.651. The van der Waals surface area contributed by atoms with E-state index in [4.69, 9.17) is 9.47 Å². The van der Waals surface area contributed by atoms with Crippen molar-refractivity contribution < 1.29 is 14.3 Å². The van der Waals surface area contributed by atoms with Crippen LogP contribution in [0.15, 0.2) is 66.0 Å². The summed E-state index contributed by atoms with van der Waals surface area (Å²) in [6.45, 7) is 2.39. The van der Waals surface area contributed by atoms with Gasteiger partial charge in [0.1, 0.15) is 18.1 Å². The molecule has 0 saturated heterocycles. The van der Waals surface area contributed by atoms with E-state index in [1.54, 1.807) is 7.11 Å². The molecule has 4 nitrogen and oxygen atoms in total. The fourth-order valence-electron chi connectivity index (χ4n) is 2.52. The largest absolute Gasteiger partial charge is 0.497 e. The maximum absolute atomic E-state index is 12.4. The predicted molar refractivity (Wildman–Crippen MR) is 104 cm³/mol. The van der Waals surface area contributed by atoms with Crippen LogP contribution in [-0.4, -0.2) is 13.0 Å². The van der Waals surface area contributed by atoms with E-state index in [-0.39, 0.29) is 11.9 Å². The zero-order chi connectivity index (χ0) is 18.4. The summed E-state index contributed by atoms with van der Waals surface area (Å²) < 4.78 is 11.0. The molecule has 0 aliphatic rings. The summed E-state index contributed by atoms with van der Waals surface area (Å²) in [5.41, 5.74) is 2.05. The summed E-state index contributed by atoms with van der Waals surface area (Å²) in [4.78, 5) is 13.1. The molecule has 5 heteroatoms. The summed E-state index contributed by atoms with van der Waals surface area (Å²) in [6, 6.07) is 19.2. The minimum absolute atomic E-state index is 0.0396. The zero-order valence-electron chi connectivity index (χ0n) is 14.8. The van der Waals surface area contributed by atoms with Crippen LogP contribution in [0.5, 0.6) is 11.5 Å². The third kappa shape index (κ3) is 4.64. The number of rotatable bonds is 7. The first kappa shape index (κ1) is 18.0. The molecule has 1 atom stereocenters. The van der Waals surface area contributed by atoms with Gasteiger partial charge in [0.15, 0.2) is 0 Å². The Hall–Kier alpha value is -2.79. The van der Waals surface area contributed by atoms with E-state index < -0.39 is 0 Å². The summed E-state index contributed by atoms with van der Waals surface area (Å²) >= 11 is 1.42. The van der Waals surface area contributed by atoms with Crippen molar-refractivity contribution in [1.82, 2.24) is 5.32 Å². The highest BCUT2D eigenvalue weighted by atomic mass is 32.1. The molecule has 3 rings (SSSR count). The first-order chi connectivity index (χ1) is 12.7. The van der Waals surface area contributed by atoms with Gasteiger partial charge in [-0.3, -0.25) is 4.79 Å². The molecule has 1 aromatic heterocycles. The van der Waals surface area contributed by atoms with Gasteiger partial charge >= 0.3 is 0 Å². The van der Waals surface area contributed by atoms with E-state index in [1.807, 2.05) is 73.0 Å². The highest BCUT2D eigenvalue weighted by molar-refractivity contribution is 7.12. The third-order valence-electron chi connectivity index (χ3n) is 3.97. The van der Waals surface area contributed by atoms with Gasteiger partial charge < -0.3 is 14.8 Å². The Morgan fingerprint density at radius 2 is 1.85 bits per heavy atom. The Morgan fingerprint density at radius 3 is 2.62 bits per heavy atom. The van der Waals surface area contributed by atoms with Crippen molar-refractivity contribution in [3.8, 4) is 11.5 Å². The SMILES string of the molecule is COc1cccc(OCc2csc(C(=O)NC(C)c3ccccc3)c2)c1. The van der Waals surface area contributed by atoms with Crippen LogP contribution in [0.25, 0.3) is 0 Å². The molecule has 0 aliphatic carbocycles. The summed E-state index contributed by atoms with van der Waals surface area (Å²) in [5.74, 6) is 1.42. The number of amides is 1. The van der Waals surface area contributed by atoms with E-state index in [2.05, 4.69) is 5.32 Å². The average Bonchev–Trinajstić information content (AvgIpc) is 3.16. The zero-order valence-corrected chi connectivity index (χ0v) is 15.6. The molecular weight excluding hydrogens is 346 g/mol. The maximum Gasteiger partial charge on any atom is 0.261 e. The fraction of sp³-hybridized carbons (Fsp3) is 0.190. The number of hydrogen-bond acceptors (Lipinski definition) is 4. The standard InChI is InChI=1S/C21H21NO3S/c1-15(17-7-4-3-5-8-17)22-21(23)20-11-16(14-26-20)13-25-19-10-6-9-18(12-19)24-2/h3-12,14-15H,13H2,1-2H3,(H,22,23). The lowest BCUT2D eigenvalue weighted by atomic mass is 10.1. The molecule has 2 aromatic carbocycles. The molecule has 1 amide bonds. The van der Waals surface area contributed by atoms with Gasteiger partial charge in [-0.25, -0.2) is 0 Å². The second kappa shape index (κ2) is 8.54. The number of hydrogen-bond donors (Lipinski definition) is 1. The molecule has 1 N–H and O–H groups in total. The summed E-state index contributed by atoms with van der Waals surface area (Å²) in [7, 11) is 1.62. The van der Waals surface area contributed by atoms with Crippen molar-refractivity contribution in [2.45, 2.75) is 19.6 Å². The third-order valence-corrected chi connectivity index (χ3v) is 4.95. The van der Waals surface area contributed by atoms with Crippen molar-refractivity contribution >= 4 is 17.2 Å². The highest BCUT2D eigenvalue weighted by Gasteiger charge is 2.13. The second-order valence-electron chi connectivity index (χ2n) is 5.89. The molecular formula is C21H21NO3S. The molecule has 0 spiro atoms. The second-order valence-corrected chi connectivity index (χ2v) is 6.80. The number of carbonyl (C=O) groups is 1. The molecule has 26 heavy (non-hydrogen) atoms. The van der Waals surface area contributed by atoms with Gasteiger partial charge in [-0.1, -0.05) is 36.4 Å². The molecule has 0 bridgehead atoms. The van der Waals surface area contributed by atoms with E-state index >= 15 is 0 Å². The molecule has 3 aromatic rings. The monoisotopic (exact) mass is 367 g/mol. The molecule has 1 unspecified atom stereocenters. The smallest absolute Gasteiger partial charge is 0.261 e. The number of methoxy groups -OCH3 is 1. The summed E-state index contributed by atoms with van der Waals surface area (Å²) in [5, 5.41) is 4.98. The van der Waals surface area contributed by atoms with Crippen molar-refractivity contribution in [3.05, 3.63) is 82.0 Å². The molecule has 134 valence electrons. The first-order valence-corrected chi connectivity index (χ1v) is 9.24. The minimum Gasteiger partial charge on any atom is -0.497 e. The molecule has 1 heterocycles. The Kier molecular flexibility index (Phi) is 5.92. The molecule has 0 fully saturated rings. The topological polar surface area (TPSA) is 47.6 Å². The number of carbonyl (C=O) groups excluding carboxylic acids is 1. The Labute approximate surface area is 157 Å². The van der Waals surface area contributed by atoms with E-state index in [9.17, 15) is 4.79 Å². The van der Waals surface area contributed by atoms with Crippen LogP contribution in [0, 0.1) is 0 Å².